The lowest BCUT2D eigenvalue weighted by atomic mass is 10.1. The first-order valence-corrected chi connectivity index (χ1v) is 12.0. The highest BCUT2D eigenvalue weighted by Gasteiger charge is 2.17. The van der Waals surface area contributed by atoms with Crippen molar-refractivity contribution in [3.63, 3.8) is 0 Å². The molecule has 0 saturated heterocycles. The number of benzene rings is 1. The van der Waals surface area contributed by atoms with Gasteiger partial charge in [-0.3, -0.25) is 0 Å². The number of unbranched alkanes of at least 4 members (excludes halogenated alkanes) is 9. The van der Waals surface area contributed by atoms with E-state index in [2.05, 4.69) is 6.92 Å². The van der Waals surface area contributed by atoms with E-state index < -0.39 is 9.84 Å². The van der Waals surface area contributed by atoms with Gasteiger partial charge in [0.2, 0.25) is 0 Å². The minimum absolute atomic E-state index is 0.200. The van der Waals surface area contributed by atoms with Gasteiger partial charge >= 0.3 is 0 Å². The number of nitrogens with two attached hydrogens (primary N) is 1. The molecule has 1 aromatic carbocycles. The van der Waals surface area contributed by atoms with Crippen LogP contribution in [0.15, 0.2) is 28.0 Å². The zero-order valence-electron chi connectivity index (χ0n) is 15.2. The Hall–Kier alpha value is -0.680. The molecule has 0 aromatic heterocycles. The summed E-state index contributed by atoms with van der Waals surface area (Å²) in [7, 11) is -3.27. The Balaban J connectivity index is 2.27. The molecule has 0 bridgehead atoms. The van der Waals surface area contributed by atoms with Gasteiger partial charge in [0.05, 0.1) is 16.3 Å². The lowest BCUT2D eigenvalue weighted by Gasteiger charge is -2.09. The molecule has 0 atom stereocenters. The highest BCUT2D eigenvalue weighted by atomic mass is 32.2. The van der Waals surface area contributed by atoms with Gasteiger partial charge < -0.3 is 5.73 Å². The summed E-state index contributed by atoms with van der Waals surface area (Å²) in [5.74, 6) is 0.200. The van der Waals surface area contributed by atoms with Gasteiger partial charge in [-0.1, -0.05) is 64.7 Å². The fourth-order valence-electron chi connectivity index (χ4n) is 2.80. The maximum atomic E-state index is 12.5. The monoisotopic (exact) mass is 371 g/mol. The maximum absolute atomic E-state index is 12.5. The molecule has 0 aliphatic rings. The molecule has 0 saturated carbocycles. The van der Waals surface area contributed by atoms with Gasteiger partial charge in [0, 0.05) is 4.90 Å². The normalized spacial score (nSPS) is 11.8. The van der Waals surface area contributed by atoms with Crippen molar-refractivity contribution in [2.24, 2.45) is 0 Å². The molecule has 5 heteroatoms. The van der Waals surface area contributed by atoms with Gasteiger partial charge in [0.15, 0.2) is 9.84 Å². The summed E-state index contributed by atoms with van der Waals surface area (Å²) in [6, 6.07) is 5.25. The number of rotatable bonds is 13. The van der Waals surface area contributed by atoms with Crippen LogP contribution in [0, 0.1) is 0 Å². The minimum Gasteiger partial charge on any atom is -0.398 e. The van der Waals surface area contributed by atoms with Crippen LogP contribution >= 0.6 is 11.8 Å². The van der Waals surface area contributed by atoms with E-state index in [4.69, 9.17) is 5.73 Å². The number of anilines is 1. The molecule has 0 amide bonds. The molecule has 0 heterocycles. The predicted octanol–water partition coefficient (Wildman–Crippen LogP) is 5.69. The predicted molar refractivity (Wildman–Crippen MR) is 107 cm³/mol. The zero-order valence-corrected chi connectivity index (χ0v) is 16.9. The Morgan fingerprint density at radius 1 is 0.917 bits per heavy atom. The summed E-state index contributed by atoms with van der Waals surface area (Å²) in [4.78, 5) is 1.23. The summed E-state index contributed by atoms with van der Waals surface area (Å²) in [5, 5.41) is 0. The third kappa shape index (κ3) is 7.93. The molecule has 1 aromatic rings. The standard InChI is InChI=1S/C19H33NO2S2/c1-3-4-5-6-7-8-9-10-11-12-15-24(21,22)19-16-17(23-2)13-14-18(19)20/h13-14,16H,3-12,15,20H2,1-2H3. The van der Waals surface area contributed by atoms with Crippen molar-refractivity contribution >= 4 is 27.3 Å². The number of thioether (sulfide) groups is 1. The second-order valence-electron chi connectivity index (χ2n) is 6.40. The molecule has 0 unspecified atom stereocenters. The van der Waals surface area contributed by atoms with Crippen molar-refractivity contribution in [1.82, 2.24) is 0 Å². The summed E-state index contributed by atoms with van der Waals surface area (Å²) in [6.07, 6.45) is 13.9. The van der Waals surface area contributed by atoms with Crippen LogP contribution in [0.2, 0.25) is 0 Å². The second kappa shape index (κ2) is 11.8. The molecule has 2 N–H and O–H groups in total. The van der Waals surface area contributed by atoms with Crippen LogP contribution in [0.1, 0.15) is 71.1 Å². The number of hydrogen-bond acceptors (Lipinski definition) is 4. The highest BCUT2D eigenvalue weighted by molar-refractivity contribution is 7.98. The van der Waals surface area contributed by atoms with E-state index in [0.29, 0.717) is 10.6 Å². The Morgan fingerprint density at radius 2 is 1.46 bits per heavy atom. The van der Waals surface area contributed by atoms with Crippen molar-refractivity contribution in [1.29, 1.82) is 0 Å². The Bertz CT molecular complexity index is 571. The van der Waals surface area contributed by atoms with Crippen molar-refractivity contribution in [3.8, 4) is 0 Å². The van der Waals surface area contributed by atoms with Crippen molar-refractivity contribution in [2.45, 2.75) is 80.9 Å². The minimum atomic E-state index is -3.27. The Kier molecular flexibility index (Phi) is 10.5. The third-order valence-electron chi connectivity index (χ3n) is 4.32. The SMILES string of the molecule is CCCCCCCCCCCCS(=O)(=O)c1cc(SC)ccc1N. The summed E-state index contributed by atoms with van der Waals surface area (Å²) >= 11 is 1.53. The highest BCUT2D eigenvalue weighted by Crippen LogP contribution is 2.26. The van der Waals surface area contributed by atoms with E-state index in [9.17, 15) is 8.42 Å². The fourth-order valence-corrected chi connectivity index (χ4v) is 4.85. The zero-order chi connectivity index (χ0) is 17.8. The average Bonchev–Trinajstić information content (AvgIpc) is 2.57. The van der Waals surface area contributed by atoms with Crippen LogP contribution in [0.3, 0.4) is 0 Å². The third-order valence-corrected chi connectivity index (χ3v) is 6.90. The summed E-state index contributed by atoms with van der Waals surface area (Å²) in [6.45, 7) is 2.24. The summed E-state index contributed by atoms with van der Waals surface area (Å²) < 4.78 is 24.9. The van der Waals surface area contributed by atoms with Gasteiger partial charge in [-0.2, -0.15) is 0 Å². The number of nitrogen functional groups attached to an aromatic ring is 1. The van der Waals surface area contributed by atoms with Gasteiger partial charge in [0.1, 0.15) is 0 Å². The molecule has 24 heavy (non-hydrogen) atoms. The topological polar surface area (TPSA) is 60.2 Å². The van der Waals surface area contributed by atoms with Gasteiger partial charge in [0.25, 0.3) is 0 Å². The maximum Gasteiger partial charge on any atom is 0.180 e. The Labute approximate surface area is 152 Å². The van der Waals surface area contributed by atoms with Crippen molar-refractivity contribution in [3.05, 3.63) is 18.2 Å². The van der Waals surface area contributed by atoms with Crippen molar-refractivity contribution < 1.29 is 8.42 Å². The largest absolute Gasteiger partial charge is 0.398 e. The smallest absolute Gasteiger partial charge is 0.180 e. The van der Waals surface area contributed by atoms with E-state index in [-0.39, 0.29) is 5.75 Å². The van der Waals surface area contributed by atoms with Gasteiger partial charge in [-0.15, -0.1) is 11.8 Å². The molecule has 3 nitrogen and oxygen atoms in total. The fraction of sp³-hybridized carbons (Fsp3) is 0.684. The lowest BCUT2D eigenvalue weighted by Crippen LogP contribution is -2.09. The first kappa shape index (κ1) is 21.4. The van der Waals surface area contributed by atoms with E-state index in [1.54, 1.807) is 12.1 Å². The quantitative estimate of drug-likeness (QED) is 0.275. The van der Waals surface area contributed by atoms with E-state index in [1.165, 1.54) is 56.7 Å². The molecule has 0 fully saturated rings. The van der Waals surface area contributed by atoms with Crippen LogP contribution in [0.25, 0.3) is 0 Å². The van der Waals surface area contributed by atoms with Gasteiger partial charge in [-0.25, -0.2) is 8.42 Å². The number of hydrogen-bond donors (Lipinski definition) is 1. The number of sulfone groups is 1. The van der Waals surface area contributed by atoms with E-state index in [1.807, 2.05) is 12.3 Å². The van der Waals surface area contributed by atoms with Crippen LogP contribution < -0.4 is 5.73 Å². The van der Waals surface area contributed by atoms with Crippen LogP contribution in [0.4, 0.5) is 5.69 Å². The lowest BCUT2D eigenvalue weighted by molar-refractivity contribution is 0.558. The molecular weight excluding hydrogens is 338 g/mol. The average molecular weight is 372 g/mol. The van der Waals surface area contributed by atoms with E-state index in [0.717, 1.165) is 24.2 Å². The molecule has 0 aliphatic carbocycles. The molecule has 138 valence electrons. The molecule has 0 aliphatic heterocycles. The molecular formula is C19H33NO2S2. The Morgan fingerprint density at radius 3 is 2.00 bits per heavy atom. The summed E-state index contributed by atoms with van der Waals surface area (Å²) in [5.41, 5.74) is 6.22. The second-order valence-corrected chi connectivity index (χ2v) is 9.36. The molecule has 1 rings (SSSR count). The van der Waals surface area contributed by atoms with Crippen LogP contribution in [-0.2, 0) is 9.84 Å². The first-order valence-electron chi connectivity index (χ1n) is 9.17. The van der Waals surface area contributed by atoms with Crippen LogP contribution in [0.5, 0.6) is 0 Å². The van der Waals surface area contributed by atoms with Crippen LogP contribution in [-0.4, -0.2) is 20.4 Å². The first-order chi connectivity index (χ1) is 11.5. The molecule has 0 spiro atoms. The van der Waals surface area contributed by atoms with E-state index >= 15 is 0 Å². The van der Waals surface area contributed by atoms with Gasteiger partial charge in [-0.05, 0) is 30.9 Å². The molecule has 0 radical (unpaired) electrons. The van der Waals surface area contributed by atoms with Crippen molar-refractivity contribution in [2.75, 3.05) is 17.7 Å².